The number of carbonyl (C=O) groups excluding carboxylic acids is 1. The van der Waals surface area contributed by atoms with Gasteiger partial charge in [0.15, 0.2) is 0 Å². The fourth-order valence-corrected chi connectivity index (χ4v) is 2.56. The number of nitrogens with two attached hydrogens (primary N) is 1. The van der Waals surface area contributed by atoms with Crippen LogP contribution in [0.15, 0.2) is 24.3 Å². The van der Waals surface area contributed by atoms with E-state index < -0.39 is 0 Å². The number of hydrogen-bond acceptors (Lipinski definition) is 3. The predicted octanol–water partition coefficient (Wildman–Crippen LogP) is 1.94. The number of para-hydroxylation sites is 1. The minimum atomic E-state index is 0.0606. The van der Waals surface area contributed by atoms with Gasteiger partial charge in [0.05, 0.1) is 6.61 Å². The van der Waals surface area contributed by atoms with E-state index in [-0.39, 0.29) is 17.9 Å². The average Bonchev–Trinajstić information content (AvgIpc) is 2.84. The Morgan fingerprint density at radius 3 is 2.89 bits per heavy atom. The quantitative estimate of drug-likeness (QED) is 0.852. The normalized spacial score (nSPS) is 22.4. The van der Waals surface area contributed by atoms with Gasteiger partial charge in [0.1, 0.15) is 0 Å². The first-order valence-corrected chi connectivity index (χ1v) is 6.84. The molecule has 0 bridgehead atoms. The lowest BCUT2D eigenvalue weighted by atomic mass is 10.1. The lowest BCUT2D eigenvalue weighted by Gasteiger charge is -2.14. The van der Waals surface area contributed by atoms with Gasteiger partial charge in [-0.1, -0.05) is 18.2 Å². The summed E-state index contributed by atoms with van der Waals surface area (Å²) in [5.41, 5.74) is 7.86. The van der Waals surface area contributed by atoms with Crippen molar-refractivity contribution in [1.29, 1.82) is 0 Å². The zero-order chi connectivity index (χ0) is 13.7. The molecule has 1 aliphatic rings. The van der Waals surface area contributed by atoms with Gasteiger partial charge in [-0.2, -0.15) is 0 Å². The third-order valence-corrected chi connectivity index (χ3v) is 3.69. The predicted molar refractivity (Wildman–Crippen MR) is 76.0 cm³/mol. The number of amides is 1. The van der Waals surface area contributed by atoms with E-state index >= 15 is 0 Å². The number of methoxy groups -OCH3 is 1. The summed E-state index contributed by atoms with van der Waals surface area (Å²) in [6.45, 7) is 0.654. The van der Waals surface area contributed by atoms with Gasteiger partial charge in [-0.05, 0) is 37.3 Å². The second kappa shape index (κ2) is 6.68. The van der Waals surface area contributed by atoms with Crippen LogP contribution in [0.3, 0.4) is 0 Å². The molecule has 2 unspecified atom stereocenters. The summed E-state index contributed by atoms with van der Waals surface area (Å²) in [6.07, 6.45) is 3.44. The Labute approximate surface area is 114 Å². The summed E-state index contributed by atoms with van der Waals surface area (Å²) in [4.78, 5) is 12.2. The van der Waals surface area contributed by atoms with E-state index in [1.807, 2.05) is 24.3 Å². The first kappa shape index (κ1) is 14.0. The third kappa shape index (κ3) is 3.78. The summed E-state index contributed by atoms with van der Waals surface area (Å²) in [7, 11) is 1.68. The maximum atomic E-state index is 12.2. The maximum absolute atomic E-state index is 12.2. The summed E-state index contributed by atoms with van der Waals surface area (Å²) in [5, 5.41) is 3.03. The van der Waals surface area contributed by atoms with Crippen molar-refractivity contribution in [3.8, 4) is 0 Å². The van der Waals surface area contributed by atoms with Gasteiger partial charge in [-0.15, -0.1) is 0 Å². The molecule has 1 aromatic carbocycles. The lowest BCUT2D eigenvalue weighted by Crippen LogP contribution is -2.23. The second-order valence-corrected chi connectivity index (χ2v) is 5.16. The molecule has 0 heterocycles. The van der Waals surface area contributed by atoms with Gasteiger partial charge in [0.25, 0.3) is 0 Å². The monoisotopic (exact) mass is 262 g/mol. The van der Waals surface area contributed by atoms with Crippen LogP contribution in [0.4, 0.5) is 5.69 Å². The summed E-state index contributed by atoms with van der Waals surface area (Å²) >= 11 is 0. The highest BCUT2D eigenvalue weighted by atomic mass is 16.5. The lowest BCUT2D eigenvalue weighted by molar-refractivity contribution is -0.119. The minimum Gasteiger partial charge on any atom is -0.384 e. The van der Waals surface area contributed by atoms with Gasteiger partial charge in [-0.25, -0.2) is 0 Å². The van der Waals surface area contributed by atoms with Crippen LogP contribution in [0.2, 0.25) is 0 Å². The second-order valence-electron chi connectivity index (χ2n) is 5.16. The first-order valence-electron chi connectivity index (χ1n) is 6.84. The SMILES string of the molecule is COCCc1ccccc1NC(=O)C1CCC(N)C1. The van der Waals surface area contributed by atoms with Crippen LogP contribution in [0.25, 0.3) is 0 Å². The molecule has 1 amide bonds. The Balaban J connectivity index is 2.00. The minimum absolute atomic E-state index is 0.0606. The van der Waals surface area contributed by atoms with E-state index in [9.17, 15) is 4.79 Å². The largest absolute Gasteiger partial charge is 0.384 e. The zero-order valence-corrected chi connectivity index (χ0v) is 11.4. The van der Waals surface area contributed by atoms with Crippen molar-refractivity contribution in [2.24, 2.45) is 11.7 Å². The smallest absolute Gasteiger partial charge is 0.227 e. The first-order chi connectivity index (χ1) is 9.20. The van der Waals surface area contributed by atoms with Crippen molar-refractivity contribution in [3.05, 3.63) is 29.8 Å². The molecule has 0 spiro atoms. The highest BCUT2D eigenvalue weighted by Gasteiger charge is 2.27. The Bertz CT molecular complexity index is 434. The van der Waals surface area contributed by atoms with E-state index in [1.54, 1.807) is 7.11 Å². The molecule has 0 radical (unpaired) electrons. The van der Waals surface area contributed by atoms with Gasteiger partial charge >= 0.3 is 0 Å². The molecule has 1 fully saturated rings. The van der Waals surface area contributed by atoms with E-state index in [4.69, 9.17) is 10.5 Å². The van der Waals surface area contributed by atoms with Crippen molar-refractivity contribution >= 4 is 11.6 Å². The van der Waals surface area contributed by atoms with E-state index in [1.165, 1.54) is 0 Å². The number of rotatable bonds is 5. The number of ether oxygens (including phenoxy) is 1. The molecule has 1 aliphatic carbocycles. The highest BCUT2D eigenvalue weighted by Crippen LogP contribution is 2.26. The average molecular weight is 262 g/mol. The molecular formula is C15H22N2O2. The van der Waals surface area contributed by atoms with E-state index in [2.05, 4.69) is 5.32 Å². The zero-order valence-electron chi connectivity index (χ0n) is 11.4. The fourth-order valence-electron chi connectivity index (χ4n) is 2.56. The Hall–Kier alpha value is -1.39. The van der Waals surface area contributed by atoms with Crippen LogP contribution in [0, 0.1) is 5.92 Å². The number of benzene rings is 1. The molecule has 2 rings (SSSR count). The van der Waals surface area contributed by atoms with Crippen molar-refractivity contribution in [3.63, 3.8) is 0 Å². The summed E-state index contributed by atoms with van der Waals surface area (Å²) in [5.74, 6) is 0.156. The van der Waals surface area contributed by atoms with Crippen LogP contribution >= 0.6 is 0 Å². The van der Waals surface area contributed by atoms with Gasteiger partial charge in [-0.3, -0.25) is 4.79 Å². The molecule has 4 heteroatoms. The molecule has 2 atom stereocenters. The van der Waals surface area contributed by atoms with Crippen molar-refractivity contribution in [2.75, 3.05) is 19.0 Å². The molecule has 1 saturated carbocycles. The topological polar surface area (TPSA) is 64.3 Å². The van der Waals surface area contributed by atoms with Gasteiger partial charge in [0.2, 0.25) is 5.91 Å². The molecule has 0 saturated heterocycles. The number of nitrogens with one attached hydrogen (secondary N) is 1. The van der Waals surface area contributed by atoms with Crippen LogP contribution in [0.5, 0.6) is 0 Å². The van der Waals surface area contributed by atoms with Gasteiger partial charge < -0.3 is 15.8 Å². The Morgan fingerprint density at radius 1 is 1.42 bits per heavy atom. The summed E-state index contributed by atoms with van der Waals surface area (Å²) in [6, 6.07) is 8.06. The molecule has 3 N–H and O–H groups in total. The Kier molecular flexibility index (Phi) is 4.93. The molecular weight excluding hydrogens is 240 g/mol. The number of anilines is 1. The standard InChI is InChI=1S/C15H22N2O2/c1-19-9-8-11-4-2-3-5-14(11)17-15(18)12-6-7-13(16)10-12/h2-5,12-13H,6-10,16H2,1H3,(H,17,18). The van der Waals surface area contributed by atoms with Crippen LogP contribution < -0.4 is 11.1 Å². The summed E-state index contributed by atoms with van der Waals surface area (Å²) < 4.78 is 5.09. The van der Waals surface area contributed by atoms with Crippen LogP contribution in [0.1, 0.15) is 24.8 Å². The molecule has 1 aromatic rings. The van der Waals surface area contributed by atoms with Crippen molar-refractivity contribution in [1.82, 2.24) is 0 Å². The van der Waals surface area contributed by atoms with E-state index in [0.717, 1.165) is 36.9 Å². The molecule has 0 aliphatic heterocycles. The van der Waals surface area contributed by atoms with Crippen LogP contribution in [-0.4, -0.2) is 25.7 Å². The van der Waals surface area contributed by atoms with E-state index in [0.29, 0.717) is 6.61 Å². The molecule has 4 nitrogen and oxygen atoms in total. The number of hydrogen-bond donors (Lipinski definition) is 2. The maximum Gasteiger partial charge on any atom is 0.227 e. The van der Waals surface area contributed by atoms with Crippen molar-refractivity contribution in [2.45, 2.75) is 31.7 Å². The molecule has 19 heavy (non-hydrogen) atoms. The van der Waals surface area contributed by atoms with Crippen LogP contribution in [-0.2, 0) is 16.0 Å². The van der Waals surface area contributed by atoms with Crippen molar-refractivity contribution < 1.29 is 9.53 Å². The molecule has 104 valence electrons. The number of carbonyl (C=O) groups is 1. The highest BCUT2D eigenvalue weighted by molar-refractivity contribution is 5.93. The fraction of sp³-hybridized carbons (Fsp3) is 0.533. The third-order valence-electron chi connectivity index (χ3n) is 3.69. The molecule has 0 aromatic heterocycles. The van der Waals surface area contributed by atoms with Gasteiger partial charge in [0, 0.05) is 24.8 Å². The Morgan fingerprint density at radius 2 is 2.21 bits per heavy atom.